The normalized spacial score (nSPS) is 12.5. The summed E-state index contributed by atoms with van der Waals surface area (Å²) < 4.78 is 5.44. The molecule has 0 spiro atoms. The van der Waals surface area contributed by atoms with E-state index in [9.17, 15) is 4.79 Å². The molecule has 0 heterocycles. The van der Waals surface area contributed by atoms with E-state index in [1.54, 1.807) is 0 Å². The smallest absolute Gasteiger partial charge is 0.332 e. The van der Waals surface area contributed by atoms with Gasteiger partial charge in [-0.25, -0.2) is 4.79 Å². The molecule has 0 aromatic carbocycles. The zero-order valence-electron chi connectivity index (χ0n) is 14.9. The monoisotopic (exact) mass is 314 g/mol. The number of unbranched alkanes of at least 4 members (excludes halogenated alkanes) is 11. The highest BCUT2D eigenvalue weighted by atomic mass is 16.5. The number of aliphatic carboxylic acids is 1. The molecule has 0 amide bonds. The van der Waals surface area contributed by atoms with Gasteiger partial charge in [0.05, 0.1) is 0 Å². The van der Waals surface area contributed by atoms with Gasteiger partial charge in [-0.2, -0.15) is 0 Å². The number of carboxylic acids is 1. The third-order valence-electron chi connectivity index (χ3n) is 4.14. The largest absolute Gasteiger partial charge is 0.479 e. The molecule has 0 aliphatic rings. The molecule has 0 saturated carbocycles. The highest BCUT2D eigenvalue weighted by Gasteiger charge is 2.15. The summed E-state index contributed by atoms with van der Waals surface area (Å²) in [5, 5.41) is 8.97. The van der Waals surface area contributed by atoms with E-state index in [0.717, 1.165) is 19.3 Å². The summed E-state index contributed by atoms with van der Waals surface area (Å²) >= 11 is 0. The Morgan fingerprint density at radius 1 is 0.773 bits per heavy atom. The van der Waals surface area contributed by atoms with E-state index in [2.05, 4.69) is 6.92 Å². The van der Waals surface area contributed by atoms with Crippen molar-refractivity contribution in [3.63, 3.8) is 0 Å². The van der Waals surface area contributed by atoms with Crippen molar-refractivity contribution < 1.29 is 14.6 Å². The predicted octanol–water partition coefficient (Wildman–Crippen LogP) is 5.96. The topological polar surface area (TPSA) is 46.5 Å². The Labute approximate surface area is 137 Å². The highest BCUT2D eigenvalue weighted by Crippen LogP contribution is 2.12. The molecular weight excluding hydrogens is 276 g/mol. The van der Waals surface area contributed by atoms with E-state index >= 15 is 0 Å². The van der Waals surface area contributed by atoms with Crippen LogP contribution in [-0.2, 0) is 9.53 Å². The Morgan fingerprint density at radius 3 is 1.64 bits per heavy atom. The average Bonchev–Trinajstić information content (AvgIpc) is 2.50. The molecule has 0 aliphatic carbocycles. The summed E-state index contributed by atoms with van der Waals surface area (Å²) in [5.41, 5.74) is 0. The van der Waals surface area contributed by atoms with Crippen molar-refractivity contribution >= 4 is 5.97 Å². The van der Waals surface area contributed by atoms with Gasteiger partial charge in [0.15, 0.2) is 6.10 Å². The van der Waals surface area contributed by atoms with Crippen LogP contribution < -0.4 is 0 Å². The fourth-order valence-electron chi connectivity index (χ4n) is 2.71. The first-order valence-corrected chi connectivity index (χ1v) is 9.56. The second-order valence-electron chi connectivity index (χ2n) is 6.38. The molecule has 132 valence electrons. The summed E-state index contributed by atoms with van der Waals surface area (Å²) in [7, 11) is 0. The van der Waals surface area contributed by atoms with Crippen LogP contribution in [0.1, 0.15) is 104 Å². The molecule has 22 heavy (non-hydrogen) atoms. The second kappa shape index (κ2) is 16.8. The van der Waals surface area contributed by atoms with E-state index in [1.165, 1.54) is 64.2 Å². The Balaban J connectivity index is 3.21. The van der Waals surface area contributed by atoms with Crippen LogP contribution in [0.4, 0.5) is 0 Å². The van der Waals surface area contributed by atoms with E-state index in [0.29, 0.717) is 13.0 Å². The Bertz CT molecular complexity index is 241. The van der Waals surface area contributed by atoms with Crippen molar-refractivity contribution in [2.24, 2.45) is 0 Å². The SMILES string of the molecule is CCCCCCCCCCCCCCOC(CCC)C(=O)O. The Kier molecular flexibility index (Phi) is 16.4. The first-order chi connectivity index (χ1) is 10.7. The van der Waals surface area contributed by atoms with Crippen LogP contribution in [0.5, 0.6) is 0 Å². The standard InChI is InChI=1S/C19H38O3/c1-3-5-6-7-8-9-10-11-12-13-14-15-17-22-18(16-4-2)19(20)21/h18H,3-17H2,1-2H3,(H,20,21). The summed E-state index contributed by atoms with van der Waals surface area (Å²) in [4.78, 5) is 10.9. The number of rotatable bonds is 17. The van der Waals surface area contributed by atoms with Crippen LogP contribution in [0.15, 0.2) is 0 Å². The summed E-state index contributed by atoms with van der Waals surface area (Å²) in [6, 6.07) is 0. The molecule has 0 aromatic rings. The van der Waals surface area contributed by atoms with Crippen molar-refractivity contribution in [2.75, 3.05) is 6.61 Å². The van der Waals surface area contributed by atoms with Crippen LogP contribution in [-0.4, -0.2) is 23.8 Å². The van der Waals surface area contributed by atoms with E-state index in [1.807, 2.05) is 6.92 Å². The van der Waals surface area contributed by atoms with Gasteiger partial charge in [-0.05, 0) is 12.8 Å². The second-order valence-corrected chi connectivity index (χ2v) is 6.38. The van der Waals surface area contributed by atoms with Crippen LogP contribution >= 0.6 is 0 Å². The van der Waals surface area contributed by atoms with Gasteiger partial charge in [0, 0.05) is 6.61 Å². The van der Waals surface area contributed by atoms with Gasteiger partial charge >= 0.3 is 5.97 Å². The number of hydrogen-bond donors (Lipinski definition) is 1. The van der Waals surface area contributed by atoms with Crippen molar-refractivity contribution in [1.29, 1.82) is 0 Å². The van der Waals surface area contributed by atoms with E-state index < -0.39 is 12.1 Å². The summed E-state index contributed by atoms with van der Waals surface area (Å²) in [6.07, 6.45) is 16.7. The van der Waals surface area contributed by atoms with Gasteiger partial charge in [-0.15, -0.1) is 0 Å². The van der Waals surface area contributed by atoms with Gasteiger partial charge < -0.3 is 9.84 Å². The van der Waals surface area contributed by atoms with Gasteiger partial charge in [0.1, 0.15) is 0 Å². The third kappa shape index (κ3) is 14.4. The lowest BCUT2D eigenvalue weighted by Gasteiger charge is -2.12. The molecule has 3 heteroatoms. The molecule has 0 fully saturated rings. The van der Waals surface area contributed by atoms with Crippen LogP contribution in [0.2, 0.25) is 0 Å². The molecule has 0 rings (SSSR count). The fraction of sp³-hybridized carbons (Fsp3) is 0.947. The summed E-state index contributed by atoms with van der Waals surface area (Å²) in [5.74, 6) is -0.819. The quantitative estimate of drug-likeness (QED) is 0.337. The molecular formula is C19H38O3. The molecule has 1 atom stereocenters. The zero-order valence-corrected chi connectivity index (χ0v) is 14.9. The number of ether oxygens (including phenoxy) is 1. The van der Waals surface area contributed by atoms with E-state index in [4.69, 9.17) is 9.84 Å². The van der Waals surface area contributed by atoms with Crippen LogP contribution in [0.3, 0.4) is 0 Å². The average molecular weight is 315 g/mol. The Hall–Kier alpha value is -0.570. The maximum absolute atomic E-state index is 10.9. The first kappa shape index (κ1) is 21.4. The van der Waals surface area contributed by atoms with Gasteiger partial charge in [-0.3, -0.25) is 0 Å². The molecule has 0 aliphatic heterocycles. The van der Waals surface area contributed by atoms with Crippen molar-refractivity contribution in [2.45, 2.75) is 110 Å². The minimum atomic E-state index is -0.819. The fourth-order valence-corrected chi connectivity index (χ4v) is 2.71. The van der Waals surface area contributed by atoms with Crippen LogP contribution in [0, 0.1) is 0 Å². The van der Waals surface area contributed by atoms with Crippen molar-refractivity contribution in [3.05, 3.63) is 0 Å². The molecule has 0 bridgehead atoms. The van der Waals surface area contributed by atoms with Gasteiger partial charge in [0.2, 0.25) is 0 Å². The maximum atomic E-state index is 10.9. The van der Waals surface area contributed by atoms with Gasteiger partial charge in [0.25, 0.3) is 0 Å². The predicted molar refractivity (Wildman–Crippen MR) is 93.4 cm³/mol. The minimum absolute atomic E-state index is 0.592. The number of hydrogen-bond acceptors (Lipinski definition) is 2. The van der Waals surface area contributed by atoms with Crippen molar-refractivity contribution in [3.8, 4) is 0 Å². The number of carboxylic acid groups (broad SMARTS) is 1. The molecule has 3 nitrogen and oxygen atoms in total. The molecule has 0 aromatic heterocycles. The molecule has 1 unspecified atom stereocenters. The minimum Gasteiger partial charge on any atom is -0.479 e. The lowest BCUT2D eigenvalue weighted by atomic mass is 10.1. The Morgan fingerprint density at radius 2 is 1.23 bits per heavy atom. The molecule has 0 radical (unpaired) electrons. The van der Waals surface area contributed by atoms with E-state index in [-0.39, 0.29) is 0 Å². The zero-order chi connectivity index (χ0) is 16.5. The summed E-state index contributed by atoms with van der Waals surface area (Å²) in [6.45, 7) is 4.84. The molecule has 1 N–H and O–H groups in total. The lowest BCUT2D eigenvalue weighted by molar-refractivity contribution is -0.150. The lowest BCUT2D eigenvalue weighted by Crippen LogP contribution is -2.24. The van der Waals surface area contributed by atoms with Crippen molar-refractivity contribution in [1.82, 2.24) is 0 Å². The van der Waals surface area contributed by atoms with Crippen LogP contribution in [0.25, 0.3) is 0 Å². The third-order valence-corrected chi connectivity index (χ3v) is 4.14. The van der Waals surface area contributed by atoms with Gasteiger partial charge in [-0.1, -0.05) is 90.9 Å². The highest BCUT2D eigenvalue weighted by molar-refractivity contribution is 5.72. The first-order valence-electron chi connectivity index (χ1n) is 9.56. The molecule has 0 saturated heterocycles. The number of carbonyl (C=O) groups is 1. The maximum Gasteiger partial charge on any atom is 0.332 e.